The Balaban J connectivity index is 1.99. The van der Waals surface area contributed by atoms with Crippen molar-refractivity contribution in [3.63, 3.8) is 0 Å². The SMILES string of the molecule is C=C(C)COc1cccc(NC(=S)NC(=O)c2ccc(Cl)cc2Cl)c1. The summed E-state index contributed by atoms with van der Waals surface area (Å²) in [6, 6.07) is 11.8. The molecule has 2 N–H and O–H groups in total. The lowest BCUT2D eigenvalue weighted by Crippen LogP contribution is -2.34. The lowest BCUT2D eigenvalue weighted by Gasteiger charge is -2.12. The first kappa shape index (κ1) is 19.2. The van der Waals surface area contributed by atoms with Crippen molar-refractivity contribution in [1.29, 1.82) is 0 Å². The summed E-state index contributed by atoms with van der Waals surface area (Å²) in [5.41, 5.74) is 1.89. The molecule has 0 spiro atoms. The Morgan fingerprint density at radius 2 is 2.00 bits per heavy atom. The van der Waals surface area contributed by atoms with Crippen LogP contribution in [0.25, 0.3) is 0 Å². The van der Waals surface area contributed by atoms with Gasteiger partial charge in [0.25, 0.3) is 5.91 Å². The summed E-state index contributed by atoms with van der Waals surface area (Å²) in [4.78, 5) is 12.2. The number of rotatable bonds is 5. The first-order valence-electron chi connectivity index (χ1n) is 7.30. The maximum Gasteiger partial charge on any atom is 0.258 e. The predicted molar refractivity (Wildman–Crippen MR) is 107 cm³/mol. The van der Waals surface area contributed by atoms with Gasteiger partial charge in [0.2, 0.25) is 0 Å². The normalized spacial score (nSPS) is 10.0. The number of anilines is 1. The molecule has 0 atom stereocenters. The van der Waals surface area contributed by atoms with E-state index in [-0.39, 0.29) is 15.7 Å². The average molecular weight is 395 g/mol. The van der Waals surface area contributed by atoms with Crippen LogP contribution < -0.4 is 15.4 Å². The van der Waals surface area contributed by atoms with Gasteiger partial charge in [0.05, 0.1) is 10.6 Å². The second-order valence-electron chi connectivity index (χ2n) is 5.31. The molecule has 1 amide bonds. The minimum absolute atomic E-state index is 0.146. The van der Waals surface area contributed by atoms with E-state index in [1.807, 2.05) is 19.1 Å². The quantitative estimate of drug-likeness (QED) is 0.548. The Hall–Kier alpha value is -2.08. The molecule has 0 aromatic heterocycles. The summed E-state index contributed by atoms with van der Waals surface area (Å²) in [6.45, 7) is 6.10. The highest BCUT2D eigenvalue weighted by atomic mass is 35.5. The minimum atomic E-state index is -0.422. The van der Waals surface area contributed by atoms with Crippen molar-refractivity contribution < 1.29 is 9.53 Å². The van der Waals surface area contributed by atoms with E-state index in [1.54, 1.807) is 18.2 Å². The third-order valence-corrected chi connectivity index (χ3v) is 3.73. The number of nitrogens with one attached hydrogen (secondary N) is 2. The number of carbonyl (C=O) groups is 1. The topological polar surface area (TPSA) is 50.4 Å². The van der Waals surface area contributed by atoms with Crippen molar-refractivity contribution >= 4 is 52.1 Å². The fraction of sp³-hybridized carbons (Fsp3) is 0.111. The number of amides is 1. The van der Waals surface area contributed by atoms with Gasteiger partial charge in [-0.2, -0.15) is 0 Å². The first-order chi connectivity index (χ1) is 11.8. The van der Waals surface area contributed by atoms with Crippen molar-refractivity contribution in [3.05, 3.63) is 70.2 Å². The fourth-order valence-corrected chi connectivity index (χ4v) is 2.58. The molecule has 0 bridgehead atoms. The van der Waals surface area contributed by atoms with Crippen LogP contribution in [0.1, 0.15) is 17.3 Å². The highest BCUT2D eigenvalue weighted by molar-refractivity contribution is 7.80. The molecule has 4 nitrogen and oxygen atoms in total. The van der Waals surface area contributed by atoms with E-state index in [9.17, 15) is 4.79 Å². The van der Waals surface area contributed by atoms with E-state index in [0.717, 1.165) is 5.57 Å². The van der Waals surface area contributed by atoms with Gasteiger partial charge >= 0.3 is 0 Å². The second kappa shape index (κ2) is 8.85. The van der Waals surface area contributed by atoms with Gasteiger partial charge in [-0.25, -0.2) is 0 Å². The zero-order chi connectivity index (χ0) is 18.4. The van der Waals surface area contributed by atoms with Crippen LogP contribution in [0.3, 0.4) is 0 Å². The molecule has 0 radical (unpaired) electrons. The van der Waals surface area contributed by atoms with Crippen molar-refractivity contribution in [2.24, 2.45) is 0 Å². The molecule has 130 valence electrons. The summed E-state index contributed by atoms with van der Waals surface area (Å²) in [7, 11) is 0. The van der Waals surface area contributed by atoms with Gasteiger partial charge < -0.3 is 10.1 Å². The molecule has 0 unspecified atom stereocenters. The third kappa shape index (κ3) is 6.05. The summed E-state index contributed by atoms with van der Waals surface area (Å²) in [5, 5.41) is 6.35. The summed E-state index contributed by atoms with van der Waals surface area (Å²) in [5.74, 6) is 0.247. The van der Waals surface area contributed by atoms with Crippen LogP contribution in [-0.2, 0) is 0 Å². The fourth-order valence-electron chi connectivity index (χ4n) is 1.88. The number of halogens is 2. The molecule has 0 aliphatic rings. The molecule has 0 aliphatic carbocycles. The number of ether oxygens (including phenoxy) is 1. The highest BCUT2D eigenvalue weighted by Gasteiger charge is 2.12. The monoisotopic (exact) mass is 394 g/mol. The molecule has 2 aromatic carbocycles. The molecule has 0 heterocycles. The summed E-state index contributed by atoms with van der Waals surface area (Å²) >= 11 is 17.0. The highest BCUT2D eigenvalue weighted by Crippen LogP contribution is 2.21. The Labute approximate surface area is 161 Å². The minimum Gasteiger partial charge on any atom is -0.489 e. The largest absolute Gasteiger partial charge is 0.489 e. The predicted octanol–water partition coefficient (Wildman–Crippen LogP) is 5.08. The number of carbonyl (C=O) groups excluding carboxylic acids is 1. The Morgan fingerprint density at radius 3 is 2.68 bits per heavy atom. The second-order valence-corrected chi connectivity index (χ2v) is 6.56. The zero-order valence-electron chi connectivity index (χ0n) is 13.4. The molecule has 0 saturated heterocycles. The van der Waals surface area contributed by atoms with Crippen molar-refractivity contribution in [2.45, 2.75) is 6.92 Å². The number of hydrogen-bond acceptors (Lipinski definition) is 3. The summed E-state index contributed by atoms with van der Waals surface area (Å²) in [6.07, 6.45) is 0. The number of hydrogen-bond donors (Lipinski definition) is 2. The van der Waals surface area contributed by atoms with Gasteiger partial charge in [-0.05, 0) is 55.0 Å². The molecular formula is C18H16Cl2N2O2S. The molecule has 0 aliphatic heterocycles. The summed E-state index contributed by atoms with van der Waals surface area (Å²) < 4.78 is 5.57. The zero-order valence-corrected chi connectivity index (χ0v) is 15.8. The molecule has 2 aromatic rings. The van der Waals surface area contributed by atoms with Gasteiger partial charge in [0.1, 0.15) is 12.4 Å². The van der Waals surface area contributed by atoms with E-state index in [1.165, 1.54) is 12.1 Å². The Kier molecular flexibility index (Phi) is 6.82. The Bertz CT molecular complexity index is 824. The smallest absolute Gasteiger partial charge is 0.258 e. The van der Waals surface area contributed by atoms with Crippen molar-refractivity contribution in [1.82, 2.24) is 5.32 Å². The lowest BCUT2D eigenvalue weighted by atomic mass is 10.2. The van der Waals surface area contributed by atoms with Gasteiger partial charge in [-0.15, -0.1) is 0 Å². The van der Waals surface area contributed by atoms with E-state index in [4.69, 9.17) is 40.2 Å². The van der Waals surface area contributed by atoms with Crippen LogP contribution in [0.15, 0.2) is 54.6 Å². The van der Waals surface area contributed by atoms with Gasteiger partial charge in [-0.3, -0.25) is 10.1 Å². The van der Waals surface area contributed by atoms with Crippen LogP contribution in [0.4, 0.5) is 5.69 Å². The standard InChI is InChI=1S/C18H16Cl2N2O2S/c1-11(2)10-24-14-5-3-4-13(9-14)21-18(25)22-17(23)15-7-6-12(19)8-16(15)20/h3-9H,1,10H2,2H3,(H2,21,22,23,25). The van der Waals surface area contributed by atoms with Crippen LogP contribution in [-0.4, -0.2) is 17.6 Å². The van der Waals surface area contributed by atoms with E-state index in [2.05, 4.69) is 17.2 Å². The number of thiocarbonyl (C=S) groups is 1. The molecule has 2 rings (SSSR count). The van der Waals surface area contributed by atoms with Gasteiger partial charge in [0, 0.05) is 16.8 Å². The van der Waals surface area contributed by atoms with Crippen LogP contribution in [0.5, 0.6) is 5.75 Å². The maximum absolute atomic E-state index is 12.2. The molecule has 0 fully saturated rings. The Morgan fingerprint density at radius 1 is 1.24 bits per heavy atom. The van der Waals surface area contributed by atoms with E-state index >= 15 is 0 Å². The van der Waals surface area contributed by atoms with Crippen LogP contribution in [0, 0.1) is 0 Å². The van der Waals surface area contributed by atoms with E-state index < -0.39 is 5.91 Å². The average Bonchev–Trinajstić information content (AvgIpc) is 2.53. The van der Waals surface area contributed by atoms with Crippen LogP contribution in [0.2, 0.25) is 10.0 Å². The van der Waals surface area contributed by atoms with Gasteiger partial charge in [-0.1, -0.05) is 35.8 Å². The first-order valence-corrected chi connectivity index (χ1v) is 8.46. The molecular weight excluding hydrogens is 379 g/mol. The molecule has 25 heavy (non-hydrogen) atoms. The van der Waals surface area contributed by atoms with E-state index in [0.29, 0.717) is 23.1 Å². The lowest BCUT2D eigenvalue weighted by molar-refractivity contribution is 0.0978. The van der Waals surface area contributed by atoms with Gasteiger partial charge in [0.15, 0.2) is 5.11 Å². The van der Waals surface area contributed by atoms with Crippen molar-refractivity contribution in [3.8, 4) is 5.75 Å². The number of benzene rings is 2. The molecule has 7 heteroatoms. The molecule has 0 saturated carbocycles. The van der Waals surface area contributed by atoms with Crippen LogP contribution >= 0.6 is 35.4 Å². The third-order valence-electron chi connectivity index (χ3n) is 2.98. The maximum atomic E-state index is 12.2. The van der Waals surface area contributed by atoms with Crippen molar-refractivity contribution in [2.75, 3.05) is 11.9 Å².